The molecule has 0 aliphatic heterocycles. The first-order valence-electron chi connectivity index (χ1n) is 25.1. The maximum Gasteiger partial charge on any atom is 0.317 e. The minimum atomic E-state index is -0.664. The van der Waals surface area contributed by atoms with E-state index in [0.717, 1.165) is 25.9 Å². The molecule has 0 aliphatic carbocycles. The molecule has 3 nitrogen and oxygen atoms in total. The van der Waals surface area contributed by atoms with Crippen LogP contribution in [0.3, 0.4) is 0 Å². The third kappa shape index (κ3) is 47.5. The molecule has 3 heteroatoms. The van der Waals surface area contributed by atoms with Gasteiger partial charge in [0, 0.05) is 0 Å². The van der Waals surface area contributed by atoms with Gasteiger partial charge in [0.05, 0.1) is 6.54 Å². The molecule has 0 aliphatic rings. The number of carbonyl (C=O) groups is 1. The first kappa shape index (κ1) is 52.4. The van der Waals surface area contributed by atoms with Gasteiger partial charge in [-0.25, -0.2) is 0 Å². The Morgan fingerprint density at radius 2 is 0.434 bits per heavy atom. The molecule has 0 rings (SSSR count). The van der Waals surface area contributed by atoms with Crippen LogP contribution in [0.15, 0.2) is 0 Å². The van der Waals surface area contributed by atoms with Crippen molar-refractivity contribution in [3.63, 3.8) is 0 Å². The molecule has 0 unspecified atom stereocenters. The van der Waals surface area contributed by atoms with Crippen molar-refractivity contribution in [3.8, 4) is 0 Å². The van der Waals surface area contributed by atoms with Crippen molar-refractivity contribution in [1.82, 2.24) is 4.90 Å². The van der Waals surface area contributed by atoms with E-state index < -0.39 is 5.97 Å². The van der Waals surface area contributed by atoms with Crippen LogP contribution in [0.5, 0.6) is 0 Å². The SMILES string of the molecule is CCCCCCCCCCCCCCCCCCCCCCCCN(CCCCCCCCCCCCCCCCCCCCCCCC)CC(=O)O. The van der Waals surface area contributed by atoms with E-state index in [4.69, 9.17) is 0 Å². The molecule has 0 fully saturated rings. The largest absolute Gasteiger partial charge is 0.480 e. The van der Waals surface area contributed by atoms with Gasteiger partial charge < -0.3 is 5.11 Å². The summed E-state index contributed by atoms with van der Waals surface area (Å²) in [4.78, 5) is 13.6. The number of aliphatic carboxylic acids is 1. The molecule has 0 amide bonds. The van der Waals surface area contributed by atoms with E-state index in [9.17, 15) is 9.90 Å². The zero-order chi connectivity index (χ0) is 38.4. The summed E-state index contributed by atoms with van der Waals surface area (Å²) < 4.78 is 0. The van der Waals surface area contributed by atoms with Gasteiger partial charge in [0.25, 0.3) is 0 Å². The quantitative estimate of drug-likeness (QED) is 0.0630. The first-order chi connectivity index (χ1) is 26.2. The van der Waals surface area contributed by atoms with Crippen molar-refractivity contribution in [2.75, 3.05) is 19.6 Å². The van der Waals surface area contributed by atoms with Crippen molar-refractivity contribution < 1.29 is 9.90 Å². The lowest BCUT2D eigenvalue weighted by molar-refractivity contribution is -0.138. The Morgan fingerprint density at radius 3 is 0.585 bits per heavy atom. The van der Waals surface area contributed by atoms with E-state index >= 15 is 0 Å². The van der Waals surface area contributed by atoms with Crippen molar-refractivity contribution >= 4 is 5.97 Å². The minimum absolute atomic E-state index is 0.221. The normalized spacial score (nSPS) is 11.7. The Labute approximate surface area is 335 Å². The highest BCUT2D eigenvalue weighted by atomic mass is 16.4. The second-order valence-corrected chi connectivity index (χ2v) is 17.5. The van der Waals surface area contributed by atoms with Gasteiger partial charge in [-0.15, -0.1) is 0 Å². The molecule has 0 atom stereocenters. The third-order valence-corrected chi connectivity index (χ3v) is 12.0. The molecular formula is C50H101NO2. The second-order valence-electron chi connectivity index (χ2n) is 17.5. The van der Waals surface area contributed by atoms with Crippen LogP contribution in [-0.4, -0.2) is 35.6 Å². The highest BCUT2D eigenvalue weighted by molar-refractivity contribution is 5.69. The topological polar surface area (TPSA) is 40.5 Å². The Hall–Kier alpha value is -0.570. The van der Waals surface area contributed by atoms with Crippen LogP contribution in [0.25, 0.3) is 0 Å². The standard InChI is InChI=1S/C50H101NO2/c1-3-5-7-9-11-13-15-17-19-21-23-25-27-29-31-33-35-37-39-41-43-45-47-51(49-50(52)53)48-46-44-42-40-38-36-34-32-30-28-26-24-22-20-18-16-14-12-10-8-6-4-2/h3-49H2,1-2H3,(H,52,53). The summed E-state index contributed by atoms with van der Waals surface area (Å²) in [5, 5.41) is 9.40. The fraction of sp³-hybridized carbons (Fsp3) is 0.980. The summed E-state index contributed by atoms with van der Waals surface area (Å²) in [7, 11) is 0. The maximum absolute atomic E-state index is 11.4. The molecule has 0 radical (unpaired) electrons. The predicted molar refractivity (Wildman–Crippen MR) is 239 cm³/mol. The van der Waals surface area contributed by atoms with Crippen molar-refractivity contribution in [3.05, 3.63) is 0 Å². The average molecular weight is 748 g/mol. The van der Waals surface area contributed by atoms with Gasteiger partial charge in [-0.05, 0) is 25.9 Å². The zero-order valence-corrected chi connectivity index (χ0v) is 37.0. The number of hydrogen-bond donors (Lipinski definition) is 1. The lowest BCUT2D eigenvalue weighted by Gasteiger charge is -2.20. The average Bonchev–Trinajstić information content (AvgIpc) is 3.15. The Bertz CT molecular complexity index is 618. The molecular weight excluding hydrogens is 647 g/mol. The van der Waals surface area contributed by atoms with E-state index in [-0.39, 0.29) is 6.54 Å². The smallest absolute Gasteiger partial charge is 0.317 e. The maximum atomic E-state index is 11.4. The number of carboxylic acid groups (broad SMARTS) is 1. The van der Waals surface area contributed by atoms with Crippen LogP contribution in [0.1, 0.15) is 296 Å². The van der Waals surface area contributed by atoms with Crippen LogP contribution < -0.4 is 0 Å². The van der Waals surface area contributed by atoms with Gasteiger partial charge in [0.2, 0.25) is 0 Å². The molecule has 53 heavy (non-hydrogen) atoms. The van der Waals surface area contributed by atoms with Gasteiger partial charge in [0.1, 0.15) is 0 Å². The Balaban J connectivity index is 3.40. The molecule has 0 bridgehead atoms. The lowest BCUT2D eigenvalue weighted by Crippen LogP contribution is -2.31. The Kier molecular flexibility index (Phi) is 47.1. The molecule has 0 aromatic rings. The van der Waals surface area contributed by atoms with Crippen LogP contribution in [-0.2, 0) is 4.79 Å². The minimum Gasteiger partial charge on any atom is -0.480 e. The van der Waals surface area contributed by atoms with E-state index in [1.54, 1.807) is 0 Å². The van der Waals surface area contributed by atoms with Crippen molar-refractivity contribution in [1.29, 1.82) is 0 Å². The fourth-order valence-electron chi connectivity index (χ4n) is 8.35. The molecule has 0 aromatic heterocycles. The van der Waals surface area contributed by atoms with E-state index in [1.165, 1.54) is 270 Å². The summed E-state index contributed by atoms with van der Waals surface area (Å²) in [5.74, 6) is -0.664. The van der Waals surface area contributed by atoms with E-state index in [0.29, 0.717) is 0 Å². The number of carboxylic acids is 1. The summed E-state index contributed by atoms with van der Waals surface area (Å²) in [6.45, 7) is 6.75. The fourth-order valence-corrected chi connectivity index (χ4v) is 8.35. The third-order valence-electron chi connectivity index (χ3n) is 12.0. The highest BCUT2D eigenvalue weighted by Crippen LogP contribution is 2.17. The zero-order valence-electron chi connectivity index (χ0n) is 37.0. The summed E-state index contributed by atoms with van der Waals surface area (Å²) >= 11 is 0. The van der Waals surface area contributed by atoms with Crippen LogP contribution in [0, 0.1) is 0 Å². The summed E-state index contributed by atoms with van der Waals surface area (Å²) in [6.07, 6.45) is 62.1. The highest BCUT2D eigenvalue weighted by Gasteiger charge is 2.09. The monoisotopic (exact) mass is 748 g/mol. The van der Waals surface area contributed by atoms with E-state index in [2.05, 4.69) is 18.7 Å². The Morgan fingerprint density at radius 1 is 0.283 bits per heavy atom. The lowest BCUT2D eigenvalue weighted by atomic mass is 10.0. The van der Waals surface area contributed by atoms with Gasteiger partial charge >= 0.3 is 5.97 Å². The van der Waals surface area contributed by atoms with Crippen LogP contribution >= 0.6 is 0 Å². The molecule has 0 spiro atoms. The summed E-state index contributed by atoms with van der Waals surface area (Å²) in [6, 6.07) is 0. The molecule has 0 saturated heterocycles. The molecule has 1 N–H and O–H groups in total. The van der Waals surface area contributed by atoms with Gasteiger partial charge in [-0.3, -0.25) is 9.69 Å². The van der Waals surface area contributed by atoms with Crippen LogP contribution in [0.2, 0.25) is 0 Å². The van der Waals surface area contributed by atoms with Crippen molar-refractivity contribution in [2.24, 2.45) is 0 Å². The molecule has 0 heterocycles. The number of hydrogen-bond acceptors (Lipinski definition) is 2. The number of rotatable bonds is 48. The second kappa shape index (κ2) is 47.6. The molecule has 318 valence electrons. The van der Waals surface area contributed by atoms with Crippen molar-refractivity contribution in [2.45, 2.75) is 296 Å². The predicted octanol–water partition coefficient (Wildman–Crippen LogP) is 17.6. The van der Waals surface area contributed by atoms with Crippen LogP contribution in [0.4, 0.5) is 0 Å². The number of nitrogens with zero attached hydrogens (tertiary/aromatic N) is 1. The molecule has 0 aromatic carbocycles. The van der Waals surface area contributed by atoms with Gasteiger partial charge in [-0.1, -0.05) is 284 Å². The van der Waals surface area contributed by atoms with E-state index in [1.807, 2.05) is 0 Å². The van der Waals surface area contributed by atoms with Gasteiger partial charge in [-0.2, -0.15) is 0 Å². The first-order valence-corrected chi connectivity index (χ1v) is 25.1. The summed E-state index contributed by atoms with van der Waals surface area (Å²) in [5.41, 5.74) is 0. The molecule has 0 saturated carbocycles. The van der Waals surface area contributed by atoms with Gasteiger partial charge in [0.15, 0.2) is 0 Å². The number of unbranched alkanes of at least 4 members (excludes halogenated alkanes) is 42.